The fraction of sp³-hybridized carbons (Fsp3) is 0.125. The van der Waals surface area contributed by atoms with Crippen molar-refractivity contribution >= 4 is 11.8 Å². The molecule has 118 valence electrons. The van der Waals surface area contributed by atoms with Crippen LogP contribution >= 0.6 is 0 Å². The summed E-state index contributed by atoms with van der Waals surface area (Å²) in [5.74, 6) is 0. The van der Waals surface area contributed by atoms with Crippen molar-refractivity contribution in [3.8, 4) is 6.07 Å². The van der Waals surface area contributed by atoms with Crippen molar-refractivity contribution in [2.75, 3.05) is 4.90 Å². The van der Waals surface area contributed by atoms with E-state index in [1.54, 1.807) is 12.1 Å². The molecule has 0 atom stereocenters. The van der Waals surface area contributed by atoms with Crippen LogP contribution in [0.15, 0.2) is 48.5 Å². The molecule has 0 saturated heterocycles. The minimum Gasteiger partial charge on any atom is -0.465 e. The first kappa shape index (κ1) is 16.4. The van der Waals surface area contributed by atoms with Gasteiger partial charge in [0.2, 0.25) is 0 Å². The maximum absolute atomic E-state index is 12.7. The van der Waals surface area contributed by atoms with Gasteiger partial charge >= 0.3 is 12.3 Å². The van der Waals surface area contributed by atoms with Gasteiger partial charge in [-0.15, -0.1) is 0 Å². The van der Waals surface area contributed by atoms with E-state index >= 15 is 0 Å². The molecule has 0 spiro atoms. The van der Waals surface area contributed by atoms with Gasteiger partial charge in [0.15, 0.2) is 0 Å². The summed E-state index contributed by atoms with van der Waals surface area (Å²) >= 11 is 0. The maximum atomic E-state index is 12.7. The average molecular weight is 320 g/mol. The Kier molecular flexibility index (Phi) is 4.55. The molecule has 0 aliphatic carbocycles. The lowest BCUT2D eigenvalue weighted by Gasteiger charge is -2.20. The summed E-state index contributed by atoms with van der Waals surface area (Å²) in [7, 11) is 0. The van der Waals surface area contributed by atoms with Gasteiger partial charge in [0.1, 0.15) is 0 Å². The highest BCUT2D eigenvalue weighted by Crippen LogP contribution is 2.32. The molecule has 0 saturated carbocycles. The summed E-state index contributed by atoms with van der Waals surface area (Å²) in [4.78, 5) is 12.2. The Morgan fingerprint density at radius 3 is 2.35 bits per heavy atom. The van der Waals surface area contributed by atoms with Crippen LogP contribution in [0.2, 0.25) is 0 Å². The van der Waals surface area contributed by atoms with Crippen LogP contribution in [0.3, 0.4) is 0 Å². The van der Waals surface area contributed by atoms with Gasteiger partial charge in [-0.3, -0.25) is 4.90 Å². The van der Waals surface area contributed by atoms with Gasteiger partial charge in [0.05, 0.1) is 23.7 Å². The number of anilines is 1. The number of carbonyl (C=O) groups is 1. The quantitative estimate of drug-likeness (QED) is 0.919. The summed E-state index contributed by atoms with van der Waals surface area (Å²) in [6.45, 7) is -0.123. The Morgan fingerprint density at radius 2 is 1.83 bits per heavy atom. The Hall–Kier alpha value is -3.01. The number of benzene rings is 2. The van der Waals surface area contributed by atoms with Gasteiger partial charge in [0.25, 0.3) is 0 Å². The molecule has 0 fully saturated rings. The van der Waals surface area contributed by atoms with E-state index in [9.17, 15) is 23.1 Å². The van der Waals surface area contributed by atoms with Gasteiger partial charge < -0.3 is 5.11 Å². The molecule has 2 aromatic rings. The van der Waals surface area contributed by atoms with Gasteiger partial charge in [-0.05, 0) is 35.9 Å². The van der Waals surface area contributed by atoms with E-state index in [0.29, 0.717) is 11.1 Å². The van der Waals surface area contributed by atoms with E-state index in [1.807, 2.05) is 6.07 Å². The maximum Gasteiger partial charge on any atom is 0.416 e. The predicted molar refractivity (Wildman–Crippen MR) is 76.8 cm³/mol. The van der Waals surface area contributed by atoms with Gasteiger partial charge in [0, 0.05) is 5.69 Å². The zero-order valence-electron chi connectivity index (χ0n) is 11.7. The van der Waals surface area contributed by atoms with Crippen molar-refractivity contribution in [3.05, 3.63) is 65.2 Å². The largest absolute Gasteiger partial charge is 0.465 e. The molecule has 0 heterocycles. The van der Waals surface area contributed by atoms with Crippen molar-refractivity contribution < 1.29 is 23.1 Å². The molecule has 4 nitrogen and oxygen atoms in total. The SMILES string of the molecule is N#Cc1ccc(CN(C(=O)O)c2cccc(C(F)(F)F)c2)cc1. The number of nitrogens with zero attached hydrogens (tertiary/aromatic N) is 2. The predicted octanol–water partition coefficient (Wildman–Crippen LogP) is 4.26. The third-order valence-corrected chi connectivity index (χ3v) is 3.14. The fourth-order valence-corrected chi connectivity index (χ4v) is 1.99. The monoisotopic (exact) mass is 320 g/mol. The first-order chi connectivity index (χ1) is 10.8. The first-order valence-corrected chi connectivity index (χ1v) is 6.48. The Labute approximate surface area is 130 Å². The summed E-state index contributed by atoms with van der Waals surface area (Å²) < 4.78 is 38.2. The van der Waals surface area contributed by atoms with Crippen LogP contribution in [-0.2, 0) is 12.7 Å². The first-order valence-electron chi connectivity index (χ1n) is 6.48. The number of amides is 1. The van der Waals surface area contributed by atoms with Crippen molar-refractivity contribution in [2.24, 2.45) is 0 Å². The molecule has 7 heteroatoms. The van der Waals surface area contributed by atoms with E-state index in [2.05, 4.69) is 0 Å². The van der Waals surface area contributed by atoms with Crippen molar-refractivity contribution in [2.45, 2.75) is 12.7 Å². The van der Waals surface area contributed by atoms with Crippen LogP contribution < -0.4 is 4.90 Å². The molecule has 2 aromatic carbocycles. The summed E-state index contributed by atoms with van der Waals surface area (Å²) in [6.07, 6.45) is -5.91. The highest BCUT2D eigenvalue weighted by atomic mass is 19.4. The number of nitriles is 1. The van der Waals surface area contributed by atoms with Gasteiger partial charge in [-0.25, -0.2) is 4.79 Å². The third-order valence-electron chi connectivity index (χ3n) is 3.14. The lowest BCUT2D eigenvalue weighted by Crippen LogP contribution is -2.28. The molecule has 2 rings (SSSR count). The van der Waals surface area contributed by atoms with Crippen LogP contribution in [-0.4, -0.2) is 11.2 Å². The van der Waals surface area contributed by atoms with E-state index in [4.69, 9.17) is 5.26 Å². The molecule has 23 heavy (non-hydrogen) atoms. The van der Waals surface area contributed by atoms with Crippen molar-refractivity contribution in [1.82, 2.24) is 0 Å². The minimum absolute atomic E-state index is 0.0725. The zero-order valence-corrected chi connectivity index (χ0v) is 11.7. The van der Waals surface area contributed by atoms with Crippen molar-refractivity contribution in [1.29, 1.82) is 5.26 Å². The molecular formula is C16H11F3N2O2. The average Bonchev–Trinajstić information content (AvgIpc) is 2.52. The molecule has 0 unspecified atom stereocenters. The zero-order chi connectivity index (χ0) is 17.0. The molecular weight excluding hydrogens is 309 g/mol. The third kappa shape index (κ3) is 4.01. The Balaban J connectivity index is 2.31. The van der Waals surface area contributed by atoms with Gasteiger partial charge in [-0.2, -0.15) is 18.4 Å². The molecule has 0 radical (unpaired) electrons. The number of hydrogen-bond donors (Lipinski definition) is 1. The smallest absolute Gasteiger partial charge is 0.416 e. The Bertz CT molecular complexity index is 749. The summed E-state index contributed by atoms with van der Waals surface area (Å²) in [6, 6.07) is 12.2. The number of rotatable bonds is 3. The van der Waals surface area contributed by atoms with E-state index in [1.165, 1.54) is 18.2 Å². The molecule has 0 bridgehead atoms. The second kappa shape index (κ2) is 6.40. The van der Waals surface area contributed by atoms with Crippen molar-refractivity contribution in [3.63, 3.8) is 0 Å². The van der Waals surface area contributed by atoms with Crippen LogP contribution in [0.5, 0.6) is 0 Å². The van der Waals surface area contributed by atoms with Crippen LogP contribution in [0, 0.1) is 11.3 Å². The summed E-state index contributed by atoms with van der Waals surface area (Å²) in [5, 5.41) is 18.0. The lowest BCUT2D eigenvalue weighted by molar-refractivity contribution is -0.137. The Morgan fingerprint density at radius 1 is 1.17 bits per heavy atom. The van der Waals surface area contributed by atoms with Gasteiger partial charge in [-0.1, -0.05) is 18.2 Å². The van der Waals surface area contributed by atoms with Crippen LogP contribution in [0.4, 0.5) is 23.7 Å². The summed E-state index contributed by atoms with van der Waals surface area (Å²) in [5.41, 5.74) is -0.0173. The number of hydrogen-bond acceptors (Lipinski definition) is 2. The standard InChI is InChI=1S/C16H11F3N2O2/c17-16(18,19)13-2-1-3-14(8-13)21(15(22)23)10-12-6-4-11(9-20)5-7-12/h1-8H,10H2,(H,22,23). The second-order valence-corrected chi connectivity index (χ2v) is 4.73. The normalized spacial score (nSPS) is 10.9. The molecule has 0 aliphatic heterocycles. The number of alkyl halides is 3. The lowest BCUT2D eigenvalue weighted by atomic mass is 10.1. The second-order valence-electron chi connectivity index (χ2n) is 4.73. The minimum atomic E-state index is -4.55. The highest BCUT2D eigenvalue weighted by Gasteiger charge is 2.31. The van der Waals surface area contributed by atoms with E-state index in [-0.39, 0.29) is 12.2 Å². The van der Waals surface area contributed by atoms with Crippen LogP contribution in [0.25, 0.3) is 0 Å². The number of halogens is 3. The molecule has 1 amide bonds. The highest BCUT2D eigenvalue weighted by molar-refractivity contribution is 5.86. The number of carboxylic acid groups (broad SMARTS) is 1. The van der Waals surface area contributed by atoms with E-state index in [0.717, 1.165) is 23.1 Å². The van der Waals surface area contributed by atoms with Crippen LogP contribution in [0.1, 0.15) is 16.7 Å². The molecule has 0 aromatic heterocycles. The topological polar surface area (TPSA) is 64.3 Å². The van der Waals surface area contributed by atoms with E-state index < -0.39 is 17.8 Å². The molecule has 0 aliphatic rings. The molecule has 1 N–H and O–H groups in total. The fourth-order valence-electron chi connectivity index (χ4n) is 1.99.